The van der Waals surface area contributed by atoms with E-state index in [-0.39, 0.29) is 17.2 Å². The molecule has 2 saturated heterocycles. The normalized spacial score (nSPS) is 23.1. The number of pyridine rings is 1. The number of amides is 1. The number of nitrogens with zero attached hydrogens (tertiary/aromatic N) is 3. The third kappa shape index (κ3) is 3.13. The van der Waals surface area contributed by atoms with Crippen LogP contribution < -0.4 is 4.90 Å². The molecular formula is C21H25N3O. The summed E-state index contributed by atoms with van der Waals surface area (Å²) in [4.78, 5) is 21.3. The number of likely N-dealkylation sites (N-methyl/N-ethyl adjacent to an activating group) is 1. The van der Waals surface area contributed by atoms with E-state index in [1.807, 2.05) is 42.5 Å². The first-order valence-corrected chi connectivity index (χ1v) is 9.12. The van der Waals surface area contributed by atoms with E-state index < -0.39 is 0 Å². The Hall–Kier alpha value is -2.36. The molecule has 1 amide bonds. The van der Waals surface area contributed by atoms with Crippen molar-refractivity contribution in [1.82, 2.24) is 9.88 Å². The number of anilines is 1. The van der Waals surface area contributed by atoms with Crippen molar-refractivity contribution < 1.29 is 4.79 Å². The summed E-state index contributed by atoms with van der Waals surface area (Å²) in [5.74, 6) is 0.279. The Morgan fingerprint density at radius 3 is 2.40 bits per heavy atom. The molecule has 1 spiro atoms. The summed E-state index contributed by atoms with van der Waals surface area (Å²) in [5.41, 5.74) is 2.66. The largest absolute Gasteiger partial charge is 0.371 e. The van der Waals surface area contributed by atoms with E-state index in [0.717, 1.165) is 44.5 Å². The van der Waals surface area contributed by atoms with Gasteiger partial charge in [0.1, 0.15) is 0 Å². The summed E-state index contributed by atoms with van der Waals surface area (Å²) in [5, 5.41) is 0. The van der Waals surface area contributed by atoms with Crippen molar-refractivity contribution >= 4 is 11.6 Å². The number of rotatable bonds is 2. The summed E-state index contributed by atoms with van der Waals surface area (Å²) in [6.07, 6.45) is 6.97. The Kier molecular flexibility index (Phi) is 4.20. The number of aromatic nitrogens is 1. The van der Waals surface area contributed by atoms with Gasteiger partial charge in [0.05, 0.1) is 5.92 Å². The Bertz CT molecular complexity index is 723. The smallest absolute Gasteiger partial charge is 0.229 e. The van der Waals surface area contributed by atoms with E-state index in [9.17, 15) is 4.79 Å². The second-order valence-electron chi connectivity index (χ2n) is 7.55. The molecule has 4 rings (SSSR count). The predicted octanol–water partition coefficient (Wildman–Crippen LogP) is 3.31. The Morgan fingerprint density at radius 1 is 1.04 bits per heavy atom. The summed E-state index contributed by atoms with van der Waals surface area (Å²) < 4.78 is 0. The van der Waals surface area contributed by atoms with Crippen LogP contribution in [-0.4, -0.2) is 42.5 Å². The maximum absolute atomic E-state index is 12.7. The highest BCUT2D eigenvalue weighted by molar-refractivity contribution is 5.84. The minimum absolute atomic E-state index is 0.00688. The number of likely N-dealkylation sites (tertiary alicyclic amines) is 1. The lowest BCUT2D eigenvalue weighted by Crippen LogP contribution is -2.52. The molecule has 130 valence electrons. The zero-order chi connectivity index (χ0) is 17.3. The van der Waals surface area contributed by atoms with Crippen molar-refractivity contribution in [2.24, 2.45) is 5.41 Å². The molecule has 2 fully saturated rings. The first kappa shape index (κ1) is 16.1. The second kappa shape index (κ2) is 6.51. The van der Waals surface area contributed by atoms with E-state index in [2.05, 4.69) is 34.1 Å². The number of benzene rings is 1. The van der Waals surface area contributed by atoms with Gasteiger partial charge in [0.25, 0.3) is 0 Å². The summed E-state index contributed by atoms with van der Waals surface area (Å²) in [7, 11) is 1.97. The Morgan fingerprint density at radius 2 is 1.72 bits per heavy atom. The molecule has 0 aliphatic carbocycles. The van der Waals surface area contributed by atoms with Crippen LogP contribution >= 0.6 is 0 Å². The minimum Gasteiger partial charge on any atom is -0.371 e. The highest BCUT2D eigenvalue weighted by Crippen LogP contribution is 2.45. The highest BCUT2D eigenvalue weighted by atomic mass is 16.2. The molecule has 1 atom stereocenters. The molecule has 0 unspecified atom stereocenters. The zero-order valence-electron chi connectivity index (χ0n) is 14.8. The van der Waals surface area contributed by atoms with Crippen LogP contribution in [0.4, 0.5) is 5.69 Å². The van der Waals surface area contributed by atoms with Gasteiger partial charge >= 0.3 is 0 Å². The molecule has 4 heteroatoms. The van der Waals surface area contributed by atoms with Gasteiger partial charge in [0, 0.05) is 44.8 Å². The molecule has 1 aromatic heterocycles. The number of hydrogen-bond acceptors (Lipinski definition) is 3. The third-order valence-electron chi connectivity index (χ3n) is 5.94. The van der Waals surface area contributed by atoms with Gasteiger partial charge in [0.2, 0.25) is 5.91 Å². The van der Waals surface area contributed by atoms with Crippen molar-refractivity contribution in [2.75, 3.05) is 31.6 Å². The van der Waals surface area contributed by atoms with Crippen LogP contribution in [-0.2, 0) is 4.79 Å². The molecule has 0 radical (unpaired) electrons. The molecule has 0 N–H and O–H groups in total. The maximum atomic E-state index is 12.7. The van der Waals surface area contributed by atoms with Crippen LogP contribution in [0.15, 0.2) is 54.9 Å². The van der Waals surface area contributed by atoms with E-state index in [1.54, 1.807) is 0 Å². The first-order chi connectivity index (χ1) is 12.2. The fraction of sp³-hybridized carbons (Fsp3) is 0.429. The van der Waals surface area contributed by atoms with Gasteiger partial charge in [-0.05, 0) is 42.4 Å². The van der Waals surface area contributed by atoms with Crippen molar-refractivity contribution in [3.05, 3.63) is 60.4 Å². The van der Waals surface area contributed by atoms with Crippen molar-refractivity contribution in [2.45, 2.75) is 25.2 Å². The van der Waals surface area contributed by atoms with Gasteiger partial charge in [-0.2, -0.15) is 0 Å². The van der Waals surface area contributed by atoms with Crippen LogP contribution in [0.25, 0.3) is 0 Å². The topological polar surface area (TPSA) is 36.4 Å². The van der Waals surface area contributed by atoms with Crippen LogP contribution in [0.1, 0.15) is 30.7 Å². The second-order valence-corrected chi connectivity index (χ2v) is 7.55. The molecule has 2 aromatic rings. The Labute approximate surface area is 149 Å². The summed E-state index contributed by atoms with van der Waals surface area (Å²) >= 11 is 0. The van der Waals surface area contributed by atoms with Gasteiger partial charge in [-0.15, -0.1) is 0 Å². The van der Waals surface area contributed by atoms with Gasteiger partial charge in [0.15, 0.2) is 0 Å². The van der Waals surface area contributed by atoms with Crippen molar-refractivity contribution in [3.8, 4) is 0 Å². The van der Waals surface area contributed by atoms with Gasteiger partial charge in [-0.1, -0.05) is 30.3 Å². The van der Waals surface area contributed by atoms with E-state index >= 15 is 0 Å². The standard InChI is InChI=1S/C21H25N3O/c1-23-16-21(15-19(20(23)25)17-5-3-2-4-6-17)9-13-24(14-10-21)18-7-11-22-12-8-18/h2-8,11-12,19H,9-10,13-16H2,1H3/t19-/m0/s1. The molecule has 0 bridgehead atoms. The summed E-state index contributed by atoms with van der Waals surface area (Å²) in [6, 6.07) is 14.5. The first-order valence-electron chi connectivity index (χ1n) is 9.12. The molecule has 2 aliphatic heterocycles. The van der Waals surface area contributed by atoms with Gasteiger partial charge in [-0.25, -0.2) is 0 Å². The number of piperidine rings is 2. The number of carbonyl (C=O) groups excluding carboxylic acids is 1. The molecular weight excluding hydrogens is 310 g/mol. The molecule has 25 heavy (non-hydrogen) atoms. The fourth-order valence-corrected chi connectivity index (χ4v) is 4.53. The lowest BCUT2D eigenvalue weighted by atomic mass is 9.67. The lowest BCUT2D eigenvalue weighted by molar-refractivity contribution is -0.138. The van der Waals surface area contributed by atoms with E-state index in [1.165, 1.54) is 5.69 Å². The predicted molar refractivity (Wildman–Crippen MR) is 99.6 cm³/mol. The van der Waals surface area contributed by atoms with Crippen molar-refractivity contribution in [1.29, 1.82) is 0 Å². The molecule has 2 aliphatic rings. The monoisotopic (exact) mass is 335 g/mol. The average molecular weight is 335 g/mol. The lowest BCUT2D eigenvalue weighted by Gasteiger charge is -2.49. The molecule has 4 nitrogen and oxygen atoms in total. The SMILES string of the molecule is CN1CC2(CCN(c3ccncc3)CC2)C[C@@H](c2ccccc2)C1=O. The molecule has 0 saturated carbocycles. The van der Waals surface area contributed by atoms with Gasteiger partial charge < -0.3 is 9.80 Å². The van der Waals surface area contributed by atoms with E-state index in [4.69, 9.17) is 0 Å². The third-order valence-corrected chi connectivity index (χ3v) is 5.94. The quantitative estimate of drug-likeness (QED) is 0.845. The van der Waals surface area contributed by atoms with Crippen LogP contribution in [0.5, 0.6) is 0 Å². The number of carbonyl (C=O) groups is 1. The van der Waals surface area contributed by atoms with Crippen molar-refractivity contribution in [3.63, 3.8) is 0 Å². The summed E-state index contributed by atoms with van der Waals surface area (Å²) in [6.45, 7) is 2.99. The van der Waals surface area contributed by atoms with Crippen LogP contribution in [0.3, 0.4) is 0 Å². The van der Waals surface area contributed by atoms with Crippen LogP contribution in [0.2, 0.25) is 0 Å². The Balaban J connectivity index is 1.52. The average Bonchev–Trinajstić information content (AvgIpc) is 2.67. The minimum atomic E-state index is 0.00688. The maximum Gasteiger partial charge on any atom is 0.229 e. The number of hydrogen-bond donors (Lipinski definition) is 0. The fourth-order valence-electron chi connectivity index (χ4n) is 4.53. The van der Waals surface area contributed by atoms with Gasteiger partial charge in [-0.3, -0.25) is 9.78 Å². The van der Waals surface area contributed by atoms with Crippen LogP contribution in [0, 0.1) is 5.41 Å². The van der Waals surface area contributed by atoms with E-state index in [0.29, 0.717) is 0 Å². The molecule has 1 aromatic carbocycles. The zero-order valence-corrected chi connectivity index (χ0v) is 14.8. The molecule has 3 heterocycles. The highest BCUT2D eigenvalue weighted by Gasteiger charge is 2.45.